The molecule has 1 aromatic heterocycles. The van der Waals surface area contributed by atoms with Crippen molar-refractivity contribution in [3.05, 3.63) is 23.6 Å². The molecule has 5 nitrogen and oxygen atoms in total. The van der Waals surface area contributed by atoms with Crippen molar-refractivity contribution in [3.8, 4) is 0 Å². The van der Waals surface area contributed by atoms with E-state index in [2.05, 4.69) is 4.98 Å². The molecule has 0 bridgehead atoms. The lowest BCUT2D eigenvalue weighted by molar-refractivity contribution is 0.0458. The minimum Gasteiger partial charge on any atom is -0.478 e. The summed E-state index contributed by atoms with van der Waals surface area (Å²) < 4.78 is 18.6. The normalized spacial score (nSPS) is 16.6. The molecule has 1 aliphatic rings. The molecule has 0 radical (unpaired) electrons. The summed E-state index contributed by atoms with van der Waals surface area (Å²) in [6, 6.07) is 1.01. The zero-order valence-corrected chi connectivity index (χ0v) is 10.8. The first-order chi connectivity index (χ1) is 9.11. The van der Waals surface area contributed by atoms with Gasteiger partial charge in [0.15, 0.2) is 0 Å². The van der Waals surface area contributed by atoms with Gasteiger partial charge in [0.2, 0.25) is 0 Å². The Morgan fingerprint density at radius 2 is 2.26 bits per heavy atom. The van der Waals surface area contributed by atoms with Crippen LogP contribution in [0, 0.1) is 5.82 Å². The molecule has 0 unspecified atom stereocenters. The fraction of sp³-hybridized carbons (Fsp3) is 0.538. The molecular weight excluding hydrogens is 251 g/mol. The average molecular weight is 268 g/mol. The van der Waals surface area contributed by atoms with Gasteiger partial charge in [0, 0.05) is 19.7 Å². The molecule has 6 heteroatoms. The van der Waals surface area contributed by atoms with E-state index in [9.17, 15) is 9.18 Å². The summed E-state index contributed by atoms with van der Waals surface area (Å²) in [6.07, 6.45) is 2.92. The summed E-state index contributed by atoms with van der Waals surface area (Å²) in [4.78, 5) is 16.9. The number of aromatic carboxylic acids is 1. The zero-order valence-electron chi connectivity index (χ0n) is 10.8. The molecule has 2 rings (SSSR count). The number of hydrogen-bond acceptors (Lipinski definition) is 4. The third-order valence-corrected chi connectivity index (χ3v) is 3.21. The third kappa shape index (κ3) is 3.20. The lowest BCUT2D eigenvalue weighted by Gasteiger charge is -2.33. The summed E-state index contributed by atoms with van der Waals surface area (Å²) in [5.41, 5.74) is -0.0881. The molecule has 1 aliphatic heterocycles. The number of pyridine rings is 1. The van der Waals surface area contributed by atoms with Gasteiger partial charge in [0.05, 0.1) is 12.3 Å². The van der Waals surface area contributed by atoms with Crippen LogP contribution in [-0.4, -0.2) is 41.9 Å². The molecule has 0 amide bonds. The molecule has 1 fully saturated rings. The van der Waals surface area contributed by atoms with Crippen LogP contribution >= 0.6 is 0 Å². The fourth-order valence-electron chi connectivity index (χ4n) is 2.31. The van der Waals surface area contributed by atoms with E-state index in [-0.39, 0.29) is 11.7 Å². The summed E-state index contributed by atoms with van der Waals surface area (Å²) in [5.74, 6) is -1.46. The first kappa shape index (κ1) is 13.7. The first-order valence-corrected chi connectivity index (χ1v) is 6.37. The number of carbonyl (C=O) groups is 1. The molecule has 104 valence electrons. The minimum atomic E-state index is -1.16. The van der Waals surface area contributed by atoms with E-state index in [1.165, 1.54) is 0 Å². The summed E-state index contributed by atoms with van der Waals surface area (Å²) in [5, 5.41) is 9.10. The number of aromatic nitrogens is 1. The second-order valence-corrected chi connectivity index (χ2v) is 4.47. The summed E-state index contributed by atoms with van der Waals surface area (Å²) >= 11 is 0. The number of anilines is 1. The van der Waals surface area contributed by atoms with Gasteiger partial charge in [-0.3, -0.25) is 0 Å². The molecule has 0 aliphatic carbocycles. The molecule has 0 atom stereocenters. The molecule has 2 heterocycles. The van der Waals surface area contributed by atoms with E-state index < -0.39 is 11.8 Å². The Morgan fingerprint density at radius 3 is 2.84 bits per heavy atom. The quantitative estimate of drug-likeness (QED) is 0.904. The summed E-state index contributed by atoms with van der Waals surface area (Å²) in [7, 11) is 0. The van der Waals surface area contributed by atoms with E-state index in [1.54, 1.807) is 0 Å². The second-order valence-electron chi connectivity index (χ2n) is 4.47. The number of ether oxygens (including phenoxy) is 1. The Kier molecular flexibility index (Phi) is 4.31. The van der Waals surface area contributed by atoms with Crippen molar-refractivity contribution in [2.24, 2.45) is 0 Å². The standard InChI is InChI=1S/C13H17FN2O3/c1-2-19-10-3-5-16(6-4-10)12-11(13(17)18)7-9(14)8-15-12/h7-8,10H,2-6H2,1H3,(H,17,18). The zero-order chi connectivity index (χ0) is 13.8. The highest BCUT2D eigenvalue weighted by molar-refractivity contribution is 5.93. The largest absolute Gasteiger partial charge is 0.478 e. The number of carboxylic acids is 1. The van der Waals surface area contributed by atoms with Gasteiger partial charge in [-0.1, -0.05) is 0 Å². The topological polar surface area (TPSA) is 62.7 Å². The maximum atomic E-state index is 13.1. The molecule has 0 saturated carbocycles. The van der Waals surface area contributed by atoms with Gasteiger partial charge < -0.3 is 14.7 Å². The molecule has 0 aromatic carbocycles. The SMILES string of the molecule is CCOC1CCN(c2ncc(F)cc2C(=O)O)CC1. The highest BCUT2D eigenvalue weighted by atomic mass is 19.1. The number of nitrogens with zero attached hydrogens (tertiary/aromatic N) is 2. The van der Waals surface area contributed by atoms with Crippen LogP contribution in [0.25, 0.3) is 0 Å². The van der Waals surface area contributed by atoms with Crippen molar-refractivity contribution >= 4 is 11.8 Å². The van der Waals surface area contributed by atoms with Crippen LogP contribution in [-0.2, 0) is 4.74 Å². The van der Waals surface area contributed by atoms with Crippen LogP contribution in [0.4, 0.5) is 10.2 Å². The van der Waals surface area contributed by atoms with E-state index >= 15 is 0 Å². The molecule has 1 aromatic rings. The fourth-order valence-corrected chi connectivity index (χ4v) is 2.31. The molecule has 19 heavy (non-hydrogen) atoms. The lowest BCUT2D eigenvalue weighted by Crippen LogP contribution is -2.38. The van der Waals surface area contributed by atoms with Gasteiger partial charge in [0.25, 0.3) is 0 Å². The van der Waals surface area contributed by atoms with E-state index in [0.29, 0.717) is 25.5 Å². The Labute approximate surface area is 111 Å². The van der Waals surface area contributed by atoms with Gasteiger partial charge in [0.1, 0.15) is 17.2 Å². The van der Waals surface area contributed by atoms with Gasteiger partial charge in [-0.15, -0.1) is 0 Å². The predicted octanol–water partition coefficient (Wildman–Crippen LogP) is 1.92. The Bertz CT molecular complexity index is 459. The highest BCUT2D eigenvalue weighted by Crippen LogP contribution is 2.23. The monoisotopic (exact) mass is 268 g/mol. The molecule has 1 N–H and O–H groups in total. The van der Waals surface area contributed by atoms with Gasteiger partial charge in [-0.2, -0.15) is 0 Å². The van der Waals surface area contributed by atoms with Crippen LogP contribution in [0.2, 0.25) is 0 Å². The Morgan fingerprint density at radius 1 is 1.58 bits per heavy atom. The van der Waals surface area contributed by atoms with Crippen molar-refractivity contribution in [3.63, 3.8) is 0 Å². The van der Waals surface area contributed by atoms with E-state index in [4.69, 9.17) is 9.84 Å². The highest BCUT2D eigenvalue weighted by Gasteiger charge is 2.24. The number of halogens is 1. The molecule has 0 spiro atoms. The Balaban J connectivity index is 2.13. The van der Waals surface area contributed by atoms with Crippen molar-refractivity contribution in [1.29, 1.82) is 0 Å². The third-order valence-electron chi connectivity index (χ3n) is 3.21. The molecule has 1 saturated heterocycles. The van der Waals surface area contributed by atoms with E-state index in [1.807, 2.05) is 11.8 Å². The average Bonchev–Trinajstić information content (AvgIpc) is 2.40. The number of carboxylic acid groups (broad SMARTS) is 1. The summed E-state index contributed by atoms with van der Waals surface area (Å²) in [6.45, 7) is 3.98. The lowest BCUT2D eigenvalue weighted by atomic mass is 10.1. The minimum absolute atomic E-state index is 0.0881. The van der Waals surface area contributed by atoms with Crippen molar-refractivity contribution in [2.45, 2.75) is 25.9 Å². The predicted molar refractivity (Wildman–Crippen MR) is 68.0 cm³/mol. The Hall–Kier alpha value is -1.69. The second kappa shape index (κ2) is 5.97. The van der Waals surface area contributed by atoms with Crippen molar-refractivity contribution < 1.29 is 19.0 Å². The van der Waals surface area contributed by atoms with Crippen molar-refractivity contribution in [2.75, 3.05) is 24.6 Å². The van der Waals surface area contributed by atoms with E-state index in [0.717, 1.165) is 25.1 Å². The van der Waals surface area contributed by atoms with Crippen molar-refractivity contribution in [1.82, 2.24) is 4.98 Å². The number of rotatable bonds is 4. The van der Waals surface area contributed by atoms with Gasteiger partial charge >= 0.3 is 5.97 Å². The van der Waals surface area contributed by atoms with Crippen LogP contribution in [0.15, 0.2) is 12.3 Å². The van der Waals surface area contributed by atoms with Crippen LogP contribution in [0.5, 0.6) is 0 Å². The van der Waals surface area contributed by atoms with Crippen LogP contribution < -0.4 is 4.90 Å². The molecular formula is C13H17FN2O3. The number of piperidine rings is 1. The van der Waals surface area contributed by atoms with Crippen LogP contribution in [0.1, 0.15) is 30.1 Å². The first-order valence-electron chi connectivity index (χ1n) is 6.37. The van der Waals surface area contributed by atoms with Gasteiger partial charge in [-0.25, -0.2) is 14.2 Å². The van der Waals surface area contributed by atoms with Gasteiger partial charge in [-0.05, 0) is 25.8 Å². The maximum Gasteiger partial charge on any atom is 0.339 e. The van der Waals surface area contributed by atoms with Crippen LogP contribution in [0.3, 0.4) is 0 Å². The smallest absolute Gasteiger partial charge is 0.339 e. The maximum absolute atomic E-state index is 13.1. The number of hydrogen-bond donors (Lipinski definition) is 1.